The molecule has 0 heterocycles. The lowest BCUT2D eigenvalue weighted by molar-refractivity contribution is 0.0565. The Balaban J connectivity index is 1.79. The normalized spacial score (nSPS) is 21.9. The van der Waals surface area contributed by atoms with E-state index in [2.05, 4.69) is 5.32 Å². The van der Waals surface area contributed by atoms with Crippen molar-refractivity contribution in [3.8, 4) is 0 Å². The van der Waals surface area contributed by atoms with Crippen LogP contribution in [0.1, 0.15) is 31.2 Å². The van der Waals surface area contributed by atoms with Gasteiger partial charge in [0.25, 0.3) is 0 Å². The summed E-state index contributed by atoms with van der Waals surface area (Å²) in [5, 5.41) is 12.7. The number of rotatable bonds is 4. The zero-order chi connectivity index (χ0) is 15.2. The van der Waals surface area contributed by atoms with E-state index >= 15 is 0 Å². The van der Waals surface area contributed by atoms with Gasteiger partial charge < -0.3 is 15.3 Å². The summed E-state index contributed by atoms with van der Waals surface area (Å²) < 4.78 is 13.1. The van der Waals surface area contributed by atoms with Crippen LogP contribution in [-0.2, 0) is 6.54 Å². The standard InChI is InChI=1S/C16H23FN2O2/c1-19(11-13-6-2-3-8-15(13)20)16(21)18-10-12-5-4-7-14(17)9-12/h4-5,7,9,13,15,20H,2-3,6,8,10-11H2,1H3,(H,18,21). The zero-order valence-electron chi connectivity index (χ0n) is 12.4. The van der Waals surface area contributed by atoms with Gasteiger partial charge in [0.05, 0.1) is 6.10 Å². The number of hydrogen-bond donors (Lipinski definition) is 2. The molecule has 2 rings (SSSR count). The molecule has 1 aliphatic carbocycles. The molecule has 0 aliphatic heterocycles. The molecule has 0 radical (unpaired) electrons. The van der Waals surface area contributed by atoms with Crippen molar-refractivity contribution in [2.45, 2.75) is 38.3 Å². The second-order valence-corrected chi connectivity index (χ2v) is 5.78. The Morgan fingerprint density at radius 3 is 2.90 bits per heavy atom. The summed E-state index contributed by atoms with van der Waals surface area (Å²) in [6.45, 7) is 0.851. The molecule has 1 aromatic rings. The van der Waals surface area contributed by atoms with Gasteiger partial charge in [-0.15, -0.1) is 0 Å². The third kappa shape index (κ3) is 4.70. The molecule has 0 spiro atoms. The number of benzene rings is 1. The van der Waals surface area contributed by atoms with Crippen LogP contribution in [0.25, 0.3) is 0 Å². The first-order valence-corrected chi connectivity index (χ1v) is 7.47. The number of halogens is 1. The van der Waals surface area contributed by atoms with Gasteiger partial charge in [-0.2, -0.15) is 0 Å². The first-order valence-electron chi connectivity index (χ1n) is 7.47. The van der Waals surface area contributed by atoms with Crippen LogP contribution in [-0.4, -0.2) is 35.7 Å². The van der Waals surface area contributed by atoms with E-state index in [9.17, 15) is 14.3 Å². The van der Waals surface area contributed by atoms with E-state index in [-0.39, 0.29) is 23.9 Å². The van der Waals surface area contributed by atoms with Gasteiger partial charge in [-0.3, -0.25) is 0 Å². The summed E-state index contributed by atoms with van der Waals surface area (Å²) >= 11 is 0. The molecular weight excluding hydrogens is 271 g/mol. The summed E-state index contributed by atoms with van der Waals surface area (Å²) in [5.41, 5.74) is 0.731. The number of carbonyl (C=O) groups is 1. The van der Waals surface area contributed by atoms with E-state index < -0.39 is 0 Å². The van der Waals surface area contributed by atoms with Gasteiger partial charge in [0.1, 0.15) is 5.82 Å². The third-order valence-electron chi connectivity index (χ3n) is 4.06. The fourth-order valence-electron chi connectivity index (χ4n) is 2.80. The molecule has 1 aliphatic rings. The summed E-state index contributed by atoms with van der Waals surface area (Å²) in [4.78, 5) is 13.6. The molecule has 1 fully saturated rings. The number of urea groups is 1. The van der Waals surface area contributed by atoms with E-state index in [0.717, 1.165) is 31.2 Å². The fourth-order valence-corrected chi connectivity index (χ4v) is 2.80. The van der Waals surface area contributed by atoms with Gasteiger partial charge in [-0.25, -0.2) is 9.18 Å². The van der Waals surface area contributed by atoms with Gasteiger partial charge >= 0.3 is 6.03 Å². The summed E-state index contributed by atoms with van der Waals surface area (Å²) in [5.74, 6) is -0.149. The first kappa shape index (κ1) is 15.8. The predicted molar refractivity (Wildman–Crippen MR) is 79.2 cm³/mol. The second kappa shape index (κ2) is 7.41. The highest BCUT2D eigenvalue weighted by Crippen LogP contribution is 2.24. The van der Waals surface area contributed by atoms with Crippen molar-refractivity contribution in [1.82, 2.24) is 10.2 Å². The maximum Gasteiger partial charge on any atom is 0.317 e. The first-order chi connectivity index (χ1) is 10.1. The molecule has 0 aromatic heterocycles. The van der Waals surface area contributed by atoms with Crippen molar-refractivity contribution in [2.24, 2.45) is 5.92 Å². The molecule has 2 amide bonds. The largest absolute Gasteiger partial charge is 0.393 e. The Morgan fingerprint density at radius 1 is 1.43 bits per heavy atom. The average Bonchev–Trinajstić information content (AvgIpc) is 2.47. The molecule has 116 valence electrons. The topological polar surface area (TPSA) is 52.6 Å². The minimum absolute atomic E-state index is 0.156. The number of aliphatic hydroxyl groups excluding tert-OH is 1. The Hall–Kier alpha value is -1.62. The number of amides is 2. The maximum absolute atomic E-state index is 13.1. The molecule has 2 atom stereocenters. The lowest BCUT2D eigenvalue weighted by Crippen LogP contribution is -2.42. The molecule has 0 saturated heterocycles. The molecule has 0 bridgehead atoms. The number of carbonyl (C=O) groups excluding carboxylic acids is 1. The molecule has 2 unspecified atom stereocenters. The Labute approximate surface area is 125 Å². The zero-order valence-corrected chi connectivity index (χ0v) is 12.4. The van der Waals surface area contributed by atoms with E-state index in [1.807, 2.05) is 0 Å². The van der Waals surface area contributed by atoms with Gasteiger partial charge in [0, 0.05) is 26.1 Å². The minimum Gasteiger partial charge on any atom is -0.393 e. The van der Waals surface area contributed by atoms with Gasteiger partial charge in [0.15, 0.2) is 0 Å². The molecule has 21 heavy (non-hydrogen) atoms. The molecule has 4 nitrogen and oxygen atoms in total. The summed E-state index contributed by atoms with van der Waals surface area (Å²) in [7, 11) is 1.72. The highest BCUT2D eigenvalue weighted by Gasteiger charge is 2.25. The van der Waals surface area contributed by atoms with Crippen LogP contribution in [0, 0.1) is 11.7 Å². The second-order valence-electron chi connectivity index (χ2n) is 5.78. The Morgan fingerprint density at radius 2 is 2.19 bits per heavy atom. The molecular formula is C16H23FN2O2. The SMILES string of the molecule is CN(CC1CCCCC1O)C(=O)NCc1cccc(F)c1. The number of nitrogens with zero attached hydrogens (tertiary/aromatic N) is 1. The maximum atomic E-state index is 13.1. The lowest BCUT2D eigenvalue weighted by Gasteiger charge is -2.31. The van der Waals surface area contributed by atoms with Crippen LogP contribution >= 0.6 is 0 Å². The molecule has 5 heteroatoms. The molecule has 2 N–H and O–H groups in total. The Bertz CT molecular complexity index is 481. The monoisotopic (exact) mass is 294 g/mol. The van der Waals surface area contributed by atoms with Crippen LogP contribution < -0.4 is 5.32 Å². The quantitative estimate of drug-likeness (QED) is 0.896. The smallest absolute Gasteiger partial charge is 0.317 e. The summed E-state index contributed by atoms with van der Waals surface area (Å²) in [6, 6.07) is 5.98. The minimum atomic E-state index is -0.308. The van der Waals surface area contributed by atoms with Crippen LogP contribution in [0.2, 0.25) is 0 Å². The number of nitrogens with one attached hydrogen (secondary N) is 1. The fraction of sp³-hybridized carbons (Fsp3) is 0.562. The average molecular weight is 294 g/mol. The van der Waals surface area contributed by atoms with E-state index in [4.69, 9.17) is 0 Å². The predicted octanol–water partition coefficient (Wildman–Crippen LogP) is 2.52. The van der Waals surface area contributed by atoms with Crippen LogP contribution in [0.5, 0.6) is 0 Å². The molecule has 1 aromatic carbocycles. The van der Waals surface area contributed by atoms with E-state index in [1.54, 1.807) is 24.1 Å². The molecule has 1 saturated carbocycles. The van der Waals surface area contributed by atoms with Crippen molar-refractivity contribution < 1.29 is 14.3 Å². The van der Waals surface area contributed by atoms with Gasteiger partial charge in [-0.05, 0) is 30.5 Å². The number of hydrogen-bond acceptors (Lipinski definition) is 2. The number of aliphatic hydroxyl groups is 1. The van der Waals surface area contributed by atoms with Crippen molar-refractivity contribution in [1.29, 1.82) is 0 Å². The van der Waals surface area contributed by atoms with E-state index in [0.29, 0.717) is 13.1 Å². The Kier molecular flexibility index (Phi) is 5.56. The van der Waals surface area contributed by atoms with Crippen molar-refractivity contribution >= 4 is 6.03 Å². The third-order valence-corrected chi connectivity index (χ3v) is 4.06. The van der Waals surface area contributed by atoms with E-state index in [1.165, 1.54) is 12.1 Å². The van der Waals surface area contributed by atoms with Gasteiger partial charge in [-0.1, -0.05) is 25.0 Å². The summed E-state index contributed by atoms with van der Waals surface area (Å²) in [6.07, 6.45) is 3.65. The van der Waals surface area contributed by atoms with Crippen LogP contribution in [0.15, 0.2) is 24.3 Å². The highest BCUT2D eigenvalue weighted by atomic mass is 19.1. The van der Waals surface area contributed by atoms with Crippen LogP contribution in [0.3, 0.4) is 0 Å². The van der Waals surface area contributed by atoms with Crippen LogP contribution in [0.4, 0.5) is 9.18 Å². The van der Waals surface area contributed by atoms with Crippen molar-refractivity contribution in [2.75, 3.05) is 13.6 Å². The highest BCUT2D eigenvalue weighted by molar-refractivity contribution is 5.73. The van der Waals surface area contributed by atoms with Gasteiger partial charge in [0.2, 0.25) is 0 Å². The van der Waals surface area contributed by atoms with Crippen molar-refractivity contribution in [3.05, 3.63) is 35.6 Å². The lowest BCUT2D eigenvalue weighted by atomic mass is 9.86. The van der Waals surface area contributed by atoms with Crippen molar-refractivity contribution in [3.63, 3.8) is 0 Å².